The van der Waals surface area contributed by atoms with Crippen molar-refractivity contribution >= 4 is 65.0 Å². The number of nitrogens with zero attached hydrogens (tertiary/aromatic N) is 4. The van der Waals surface area contributed by atoms with Gasteiger partial charge in [-0.3, -0.25) is 4.98 Å². The molecule has 0 atom stereocenters. The first kappa shape index (κ1) is 28.3. The van der Waals surface area contributed by atoms with Crippen LogP contribution >= 0.6 is 11.3 Å². The number of pyridine rings is 1. The maximum absolute atomic E-state index is 6.42. The molecule has 0 amide bonds. The van der Waals surface area contributed by atoms with Gasteiger partial charge in [0.1, 0.15) is 11.0 Å². The summed E-state index contributed by atoms with van der Waals surface area (Å²) in [5, 5.41) is 5.55. The molecule has 228 valence electrons. The number of benzene rings is 5. The number of thiophene rings is 1. The molecule has 0 saturated heterocycles. The van der Waals surface area contributed by atoms with E-state index >= 15 is 0 Å². The van der Waals surface area contributed by atoms with Crippen LogP contribution in [0.25, 0.3) is 87.6 Å². The van der Waals surface area contributed by atoms with Crippen LogP contribution < -0.4 is 10.6 Å². The van der Waals surface area contributed by atoms with Crippen LogP contribution in [0.2, 0.25) is 0 Å². The van der Waals surface area contributed by atoms with Crippen molar-refractivity contribution in [2.24, 2.45) is 0 Å². The van der Waals surface area contributed by atoms with Gasteiger partial charge in [-0.25, -0.2) is 15.0 Å². The Balaban J connectivity index is 1.30. The largest absolute Gasteiger partial charge is 0.456 e. The number of aromatic nitrogens is 4. The highest BCUT2D eigenvalue weighted by molar-refractivity contribution is 7.26. The first-order chi connectivity index (χ1) is 23.7. The molecule has 6 heteroatoms. The van der Waals surface area contributed by atoms with Crippen molar-refractivity contribution in [1.82, 2.24) is 19.9 Å². The van der Waals surface area contributed by atoms with Crippen molar-refractivity contribution in [3.05, 3.63) is 144 Å². The van der Waals surface area contributed by atoms with Crippen LogP contribution in [0.15, 0.2) is 132 Å². The zero-order valence-corrected chi connectivity index (χ0v) is 27.1. The Morgan fingerprint density at radius 2 is 1.48 bits per heavy atom. The fourth-order valence-electron chi connectivity index (χ4n) is 6.61. The Labute approximate surface area is 280 Å². The molecule has 0 N–H and O–H groups in total. The van der Waals surface area contributed by atoms with E-state index < -0.39 is 0 Å². The molecule has 0 radical (unpaired) electrons. The molecule has 4 heterocycles. The number of rotatable bonds is 4. The van der Waals surface area contributed by atoms with Gasteiger partial charge in [-0.2, -0.15) is 0 Å². The van der Waals surface area contributed by atoms with Crippen LogP contribution in [0.4, 0.5) is 0 Å². The van der Waals surface area contributed by atoms with E-state index in [1.165, 1.54) is 20.3 Å². The minimum atomic E-state index is 0.585. The van der Waals surface area contributed by atoms with Crippen LogP contribution in [0.3, 0.4) is 0 Å². The summed E-state index contributed by atoms with van der Waals surface area (Å²) in [6, 6.07) is 41.7. The molecule has 0 aliphatic rings. The van der Waals surface area contributed by atoms with Gasteiger partial charge in [0.15, 0.2) is 17.5 Å². The Hall–Kier alpha value is -5.98. The summed E-state index contributed by atoms with van der Waals surface area (Å²) in [5.41, 5.74) is 7.68. The molecule has 4 aromatic heterocycles. The molecule has 9 rings (SSSR count). The third-order valence-corrected chi connectivity index (χ3v) is 10.2. The fraction of sp³-hybridized carbons (Fsp3) is 0.0476. The van der Waals surface area contributed by atoms with Gasteiger partial charge in [0, 0.05) is 59.1 Å². The quantitative estimate of drug-likeness (QED) is 0.193. The highest BCUT2D eigenvalue weighted by Crippen LogP contribution is 2.43. The van der Waals surface area contributed by atoms with Crippen LogP contribution in [0.1, 0.15) is 19.7 Å². The monoisotopic (exact) mass is 636 g/mol. The number of hydrogen-bond acceptors (Lipinski definition) is 6. The van der Waals surface area contributed by atoms with Crippen molar-refractivity contribution in [2.75, 3.05) is 0 Å². The SMILES string of the molecule is C/C=c1\c(=C(/C)c2nc(-c3ccccc3)nc(-c3cccc4sc5c(-c6ccc7cccnc7c6)cccc5c34)n2)oc2ccccc12. The van der Waals surface area contributed by atoms with Crippen LogP contribution in [0, 0.1) is 0 Å². The molecule has 0 saturated carbocycles. The Morgan fingerprint density at radius 3 is 2.38 bits per heavy atom. The van der Waals surface area contributed by atoms with Crippen molar-refractivity contribution in [1.29, 1.82) is 0 Å². The molecule has 9 aromatic rings. The van der Waals surface area contributed by atoms with Gasteiger partial charge in [-0.1, -0.05) is 103 Å². The average molecular weight is 637 g/mol. The van der Waals surface area contributed by atoms with E-state index in [-0.39, 0.29) is 0 Å². The van der Waals surface area contributed by atoms with Gasteiger partial charge in [0.05, 0.1) is 5.52 Å². The maximum atomic E-state index is 6.42. The van der Waals surface area contributed by atoms with Gasteiger partial charge in [-0.05, 0) is 49.2 Å². The van der Waals surface area contributed by atoms with Gasteiger partial charge in [0.25, 0.3) is 0 Å². The smallest absolute Gasteiger partial charge is 0.164 e. The van der Waals surface area contributed by atoms with Gasteiger partial charge in [-0.15, -0.1) is 11.3 Å². The lowest BCUT2D eigenvalue weighted by molar-refractivity contribution is 0.571. The minimum Gasteiger partial charge on any atom is -0.456 e. The molecule has 0 aliphatic carbocycles. The third kappa shape index (κ3) is 4.61. The molecular formula is C42H28N4OS. The summed E-state index contributed by atoms with van der Waals surface area (Å²) in [4.78, 5) is 19.9. The van der Waals surface area contributed by atoms with E-state index in [9.17, 15) is 0 Å². The van der Waals surface area contributed by atoms with Crippen molar-refractivity contribution in [2.45, 2.75) is 13.8 Å². The molecule has 0 fully saturated rings. The Bertz CT molecular complexity index is 2820. The molecule has 5 aromatic carbocycles. The Morgan fingerprint density at radius 1 is 0.688 bits per heavy atom. The minimum absolute atomic E-state index is 0.585. The maximum Gasteiger partial charge on any atom is 0.164 e. The first-order valence-electron chi connectivity index (χ1n) is 15.9. The van der Waals surface area contributed by atoms with Crippen molar-refractivity contribution in [3.63, 3.8) is 0 Å². The summed E-state index contributed by atoms with van der Waals surface area (Å²) in [7, 11) is 0. The van der Waals surface area contributed by atoms with Crippen LogP contribution in [-0.2, 0) is 0 Å². The average Bonchev–Trinajstić information content (AvgIpc) is 3.73. The predicted octanol–water partition coefficient (Wildman–Crippen LogP) is 9.55. The van der Waals surface area contributed by atoms with E-state index in [1.807, 2.05) is 74.6 Å². The van der Waals surface area contributed by atoms with E-state index in [1.54, 1.807) is 11.3 Å². The predicted molar refractivity (Wildman–Crippen MR) is 198 cm³/mol. The second-order valence-corrected chi connectivity index (χ2v) is 12.9. The number of hydrogen-bond donors (Lipinski definition) is 0. The van der Waals surface area contributed by atoms with E-state index in [4.69, 9.17) is 19.4 Å². The summed E-state index contributed by atoms with van der Waals surface area (Å²) >= 11 is 1.80. The van der Waals surface area contributed by atoms with E-state index in [0.717, 1.165) is 60.2 Å². The van der Waals surface area contributed by atoms with E-state index in [0.29, 0.717) is 17.5 Å². The summed E-state index contributed by atoms with van der Waals surface area (Å²) in [6.07, 6.45) is 3.94. The van der Waals surface area contributed by atoms with Crippen LogP contribution in [0.5, 0.6) is 0 Å². The molecule has 0 bridgehead atoms. The number of para-hydroxylation sites is 1. The molecule has 0 unspecified atom stereocenters. The highest BCUT2D eigenvalue weighted by atomic mass is 32.1. The van der Waals surface area contributed by atoms with Crippen molar-refractivity contribution in [3.8, 4) is 33.9 Å². The van der Waals surface area contributed by atoms with Crippen LogP contribution in [-0.4, -0.2) is 19.9 Å². The standard InChI is InChI=1S/C42H28N4OS/c1-3-29-31-15-7-8-19-35(31)47-38(29)25(2)40-44-41(27-12-5-4-6-13-27)46-42(45-40)33-18-10-20-36-37(33)32-17-9-16-30(39(32)48-36)28-22-21-26-14-11-23-43-34(26)24-28/h3-24H,1-2H3/b29-3-,38-25-. The lowest BCUT2D eigenvalue weighted by Crippen LogP contribution is -2.23. The first-order valence-corrected chi connectivity index (χ1v) is 16.7. The van der Waals surface area contributed by atoms with Crippen molar-refractivity contribution < 1.29 is 4.42 Å². The Kier molecular flexibility index (Phi) is 6.69. The number of furan rings is 1. The zero-order valence-electron chi connectivity index (χ0n) is 26.3. The topological polar surface area (TPSA) is 64.7 Å². The third-order valence-electron chi connectivity index (χ3n) is 8.95. The lowest BCUT2D eigenvalue weighted by Gasteiger charge is -2.09. The molecular weight excluding hydrogens is 609 g/mol. The van der Waals surface area contributed by atoms with E-state index in [2.05, 4.69) is 77.8 Å². The molecule has 0 spiro atoms. The summed E-state index contributed by atoms with van der Waals surface area (Å²) < 4.78 is 8.83. The highest BCUT2D eigenvalue weighted by Gasteiger charge is 2.19. The van der Waals surface area contributed by atoms with Gasteiger partial charge >= 0.3 is 0 Å². The molecule has 5 nitrogen and oxygen atoms in total. The normalized spacial score (nSPS) is 12.8. The zero-order chi connectivity index (χ0) is 32.2. The number of fused-ring (bicyclic) bond motifs is 5. The lowest BCUT2D eigenvalue weighted by atomic mass is 9.99. The van der Waals surface area contributed by atoms with Gasteiger partial charge in [0.2, 0.25) is 0 Å². The summed E-state index contributed by atoms with van der Waals surface area (Å²) in [5.74, 6) is 1.83. The van der Waals surface area contributed by atoms with Gasteiger partial charge < -0.3 is 4.42 Å². The molecule has 48 heavy (non-hydrogen) atoms. The second kappa shape index (κ2) is 11.4. The summed E-state index contributed by atoms with van der Waals surface area (Å²) in [6.45, 7) is 4.07. The molecule has 0 aliphatic heterocycles. The fourth-order valence-corrected chi connectivity index (χ4v) is 7.87. The second-order valence-electron chi connectivity index (χ2n) is 11.8.